The van der Waals surface area contributed by atoms with Gasteiger partial charge in [0.05, 0.1) is 11.1 Å². The molecule has 16 heavy (non-hydrogen) atoms. The molecule has 1 fully saturated rings. The van der Waals surface area contributed by atoms with E-state index >= 15 is 0 Å². The molecule has 1 aliphatic heterocycles. The second-order valence-corrected chi connectivity index (χ2v) is 5.11. The van der Waals surface area contributed by atoms with E-state index in [1.54, 1.807) is 4.90 Å². The van der Waals surface area contributed by atoms with E-state index in [0.717, 1.165) is 18.4 Å². The second-order valence-electron chi connectivity index (χ2n) is 3.85. The van der Waals surface area contributed by atoms with Crippen LogP contribution in [0.3, 0.4) is 0 Å². The van der Waals surface area contributed by atoms with Crippen molar-refractivity contribution in [2.24, 2.45) is 0 Å². The lowest BCUT2D eigenvalue weighted by Gasteiger charge is -2.18. The molecule has 0 aromatic carbocycles. The summed E-state index contributed by atoms with van der Waals surface area (Å²) in [5.74, 6) is -0.104. The highest BCUT2D eigenvalue weighted by molar-refractivity contribution is 7.13. The van der Waals surface area contributed by atoms with Gasteiger partial charge >= 0.3 is 0 Å². The van der Waals surface area contributed by atoms with E-state index in [4.69, 9.17) is 16.9 Å². The maximum Gasteiger partial charge on any atom is 0.266 e. The summed E-state index contributed by atoms with van der Waals surface area (Å²) < 4.78 is 0. The van der Waals surface area contributed by atoms with Crippen molar-refractivity contribution >= 4 is 28.8 Å². The summed E-state index contributed by atoms with van der Waals surface area (Å²) in [7, 11) is 0. The molecule has 1 saturated heterocycles. The Hall–Kier alpha value is -1.05. The number of thiophene rings is 1. The lowest BCUT2D eigenvalue weighted by molar-refractivity contribution is 0.0770. The molecule has 0 N–H and O–H groups in total. The van der Waals surface area contributed by atoms with Crippen molar-refractivity contribution in [3.63, 3.8) is 0 Å². The first-order chi connectivity index (χ1) is 7.65. The number of hydrogen-bond acceptors (Lipinski definition) is 3. The van der Waals surface area contributed by atoms with E-state index in [2.05, 4.69) is 6.07 Å². The van der Waals surface area contributed by atoms with E-state index in [9.17, 15) is 4.79 Å². The maximum absolute atomic E-state index is 12.2. The fourth-order valence-corrected chi connectivity index (χ4v) is 3.08. The summed E-state index contributed by atoms with van der Waals surface area (Å²) in [5, 5.41) is 11.3. The number of carbonyl (C=O) groups is 1. The number of aryl methyl sites for hydroxylation is 1. The van der Waals surface area contributed by atoms with Crippen LogP contribution in [0.15, 0.2) is 5.38 Å². The molecule has 2 rings (SSSR count). The summed E-state index contributed by atoms with van der Waals surface area (Å²) in [6.07, 6.45) is 1.66. The van der Waals surface area contributed by atoms with Gasteiger partial charge in [-0.3, -0.25) is 4.79 Å². The number of halogens is 1. The summed E-state index contributed by atoms with van der Waals surface area (Å²) >= 11 is 7.40. The molecular weight excluding hydrogens is 244 g/mol. The van der Waals surface area contributed by atoms with Crippen molar-refractivity contribution in [2.45, 2.75) is 25.8 Å². The Morgan fingerprint density at radius 3 is 3.06 bits per heavy atom. The molecule has 0 saturated carbocycles. The van der Waals surface area contributed by atoms with Crippen molar-refractivity contribution in [3.8, 4) is 6.07 Å². The Balaban J connectivity index is 2.26. The summed E-state index contributed by atoms with van der Waals surface area (Å²) in [6, 6.07) is 1.87. The molecule has 1 aliphatic rings. The lowest BCUT2D eigenvalue weighted by Crippen LogP contribution is -2.34. The molecule has 0 radical (unpaired) electrons. The molecule has 1 unspecified atom stereocenters. The molecule has 2 heterocycles. The van der Waals surface area contributed by atoms with Crippen LogP contribution < -0.4 is 0 Å². The summed E-state index contributed by atoms with van der Waals surface area (Å²) in [5.41, 5.74) is 0.919. The number of rotatable bonds is 1. The standard InChI is InChI=1S/C11H11ClN2OS/c1-7-6-16-10(9(7)12)11(15)14-4-2-3-8(14)5-13/h6,8H,2-4H2,1H3. The third-order valence-electron chi connectivity index (χ3n) is 2.76. The molecule has 0 aliphatic carbocycles. The van der Waals surface area contributed by atoms with Crippen LogP contribution in [0.25, 0.3) is 0 Å². The van der Waals surface area contributed by atoms with Crippen molar-refractivity contribution in [2.75, 3.05) is 6.54 Å². The van der Waals surface area contributed by atoms with Crippen LogP contribution in [0.4, 0.5) is 0 Å². The number of nitriles is 1. The van der Waals surface area contributed by atoms with Crippen LogP contribution in [0.2, 0.25) is 5.02 Å². The van der Waals surface area contributed by atoms with Gasteiger partial charge in [0, 0.05) is 6.54 Å². The van der Waals surface area contributed by atoms with Gasteiger partial charge in [-0.2, -0.15) is 5.26 Å². The fraction of sp³-hybridized carbons (Fsp3) is 0.455. The first-order valence-corrected chi connectivity index (χ1v) is 6.35. The molecule has 1 amide bonds. The molecule has 3 nitrogen and oxygen atoms in total. The first kappa shape index (κ1) is 11.4. The average Bonchev–Trinajstić information content (AvgIpc) is 2.86. The van der Waals surface area contributed by atoms with Gasteiger partial charge in [0.25, 0.3) is 5.91 Å². The van der Waals surface area contributed by atoms with Gasteiger partial charge in [-0.05, 0) is 30.7 Å². The van der Waals surface area contributed by atoms with Gasteiger partial charge in [-0.1, -0.05) is 11.6 Å². The SMILES string of the molecule is Cc1csc(C(=O)N2CCCC2C#N)c1Cl. The van der Waals surface area contributed by atoms with Crippen LogP contribution >= 0.6 is 22.9 Å². The van der Waals surface area contributed by atoms with Gasteiger partial charge in [0.15, 0.2) is 0 Å². The predicted octanol–water partition coefficient (Wildman–Crippen LogP) is 2.84. The molecule has 5 heteroatoms. The van der Waals surface area contributed by atoms with Crippen molar-refractivity contribution < 1.29 is 4.79 Å². The largest absolute Gasteiger partial charge is 0.322 e. The molecule has 0 bridgehead atoms. The number of likely N-dealkylation sites (tertiary alicyclic amines) is 1. The fourth-order valence-electron chi connectivity index (χ4n) is 1.85. The molecule has 0 spiro atoms. The Morgan fingerprint density at radius 1 is 1.75 bits per heavy atom. The summed E-state index contributed by atoms with van der Waals surface area (Å²) in [4.78, 5) is 14.3. The van der Waals surface area contributed by atoms with E-state index in [0.29, 0.717) is 16.4 Å². The quantitative estimate of drug-likeness (QED) is 0.774. The van der Waals surface area contributed by atoms with E-state index in [-0.39, 0.29) is 11.9 Å². The monoisotopic (exact) mass is 254 g/mol. The van der Waals surface area contributed by atoms with Gasteiger partial charge in [0.2, 0.25) is 0 Å². The Kier molecular flexibility index (Phi) is 3.17. The van der Waals surface area contributed by atoms with Crippen LogP contribution in [0, 0.1) is 18.3 Å². The van der Waals surface area contributed by atoms with Gasteiger partial charge in [0.1, 0.15) is 10.9 Å². The highest BCUT2D eigenvalue weighted by Gasteiger charge is 2.31. The number of nitrogens with zero attached hydrogens (tertiary/aromatic N) is 2. The highest BCUT2D eigenvalue weighted by atomic mass is 35.5. The van der Waals surface area contributed by atoms with Crippen LogP contribution in [-0.4, -0.2) is 23.4 Å². The smallest absolute Gasteiger partial charge is 0.266 e. The van der Waals surface area contributed by atoms with Gasteiger partial charge in [-0.25, -0.2) is 0 Å². The Morgan fingerprint density at radius 2 is 2.50 bits per heavy atom. The number of carbonyl (C=O) groups excluding carboxylic acids is 1. The van der Waals surface area contributed by atoms with Gasteiger partial charge < -0.3 is 4.90 Å². The van der Waals surface area contributed by atoms with E-state index in [1.165, 1.54) is 11.3 Å². The number of amides is 1. The minimum atomic E-state index is -0.286. The Labute approximate surface area is 103 Å². The zero-order valence-electron chi connectivity index (χ0n) is 8.86. The van der Waals surface area contributed by atoms with Gasteiger partial charge in [-0.15, -0.1) is 11.3 Å². The van der Waals surface area contributed by atoms with Crippen LogP contribution in [0.5, 0.6) is 0 Å². The minimum absolute atomic E-state index is 0.104. The predicted molar refractivity (Wildman–Crippen MR) is 63.7 cm³/mol. The van der Waals surface area contributed by atoms with Crippen LogP contribution in [-0.2, 0) is 0 Å². The molecular formula is C11H11ClN2OS. The Bertz CT molecular complexity index is 463. The molecule has 1 aromatic heterocycles. The third kappa shape index (κ3) is 1.81. The van der Waals surface area contributed by atoms with E-state index < -0.39 is 0 Å². The van der Waals surface area contributed by atoms with E-state index in [1.807, 2.05) is 12.3 Å². The second kappa shape index (κ2) is 4.44. The summed E-state index contributed by atoms with van der Waals surface area (Å²) in [6.45, 7) is 2.53. The molecule has 84 valence electrons. The number of hydrogen-bond donors (Lipinski definition) is 0. The van der Waals surface area contributed by atoms with Crippen molar-refractivity contribution in [1.29, 1.82) is 5.26 Å². The molecule has 1 aromatic rings. The first-order valence-electron chi connectivity index (χ1n) is 5.09. The zero-order valence-corrected chi connectivity index (χ0v) is 10.4. The topological polar surface area (TPSA) is 44.1 Å². The third-order valence-corrected chi connectivity index (χ3v) is 4.44. The highest BCUT2D eigenvalue weighted by Crippen LogP contribution is 2.30. The van der Waals surface area contributed by atoms with Crippen molar-refractivity contribution in [3.05, 3.63) is 20.8 Å². The van der Waals surface area contributed by atoms with Crippen LogP contribution in [0.1, 0.15) is 28.1 Å². The average molecular weight is 255 g/mol. The maximum atomic E-state index is 12.2. The van der Waals surface area contributed by atoms with Crippen molar-refractivity contribution in [1.82, 2.24) is 4.90 Å². The normalized spacial score (nSPS) is 19.8. The lowest BCUT2D eigenvalue weighted by atomic mass is 10.2. The minimum Gasteiger partial charge on any atom is -0.322 e. The molecule has 1 atom stereocenters. The zero-order chi connectivity index (χ0) is 11.7.